The molecule has 0 radical (unpaired) electrons. The summed E-state index contributed by atoms with van der Waals surface area (Å²) in [4.78, 5) is 29.3. The fourth-order valence-electron chi connectivity index (χ4n) is 4.48. The van der Waals surface area contributed by atoms with E-state index in [-0.39, 0.29) is 48.5 Å². The van der Waals surface area contributed by atoms with Crippen molar-refractivity contribution in [3.05, 3.63) is 41.6 Å². The lowest BCUT2D eigenvalue weighted by Gasteiger charge is -2.33. The molecule has 1 aliphatic rings. The number of imidazole rings is 1. The van der Waals surface area contributed by atoms with Gasteiger partial charge in [0.25, 0.3) is 5.91 Å². The van der Waals surface area contributed by atoms with E-state index in [2.05, 4.69) is 31.0 Å². The number of halogens is 5. The van der Waals surface area contributed by atoms with Gasteiger partial charge in [0.2, 0.25) is 11.8 Å². The van der Waals surface area contributed by atoms with Gasteiger partial charge in [0, 0.05) is 31.4 Å². The van der Waals surface area contributed by atoms with E-state index >= 15 is 0 Å². The third-order valence-electron chi connectivity index (χ3n) is 6.60. The van der Waals surface area contributed by atoms with Crippen LogP contribution in [0.1, 0.15) is 79.5 Å². The minimum absolute atomic E-state index is 0.0656. The third kappa shape index (κ3) is 7.04. The molecule has 2 amide bonds. The Kier molecular flexibility index (Phi) is 8.13. The molecule has 1 aliphatic carbocycles. The smallest absolute Gasteiger partial charge is 0.369 e. The first-order valence-electron chi connectivity index (χ1n) is 12.3. The van der Waals surface area contributed by atoms with Gasteiger partial charge in [-0.25, -0.2) is 23.0 Å². The molecule has 0 saturated heterocycles. The first-order chi connectivity index (χ1) is 18.3. The van der Waals surface area contributed by atoms with Crippen LogP contribution in [0.15, 0.2) is 24.7 Å². The maximum atomic E-state index is 13.9. The van der Waals surface area contributed by atoms with Crippen LogP contribution in [0.4, 0.5) is 22.0 Å². The lowest BCUT2D eigenvalue weighted by molar-refractivity contribution is -0.145. The van der Waals surface area contributed by atoms with Crippen molar-refractivity contribution in [1.29, 1.82) is 0 Å². The lowest BCUT2D eigenvalue weighted by Crippen LogP contribution is -2.38. The Hall–Kier alpha value is -3.69. The molecule has 0 unspecified atom stereocenters. The first kappa shape index (κ1) is 28.3. The second-order valence-corrected chi connectivity index (χ2v) is 9.42. The van der Waals surface area contributed by atoms with Crippen molar-refractivity contribution in [3.63, 3.8) is 0 Å². The highest BCUT2D eigenvalue weighted by Gasteiger charge is 2.39. The van der Waals surface area contributed by atoms with Crippen LogP contribution in [0, 0.1) is 5.92 Å². The Labute approximate surface area is 218 Å². The van der Waals surface area contributed by atoms with Crippen molar-refractivity contribution in [2.24, 2.45) is 5.92 Å². The van der Waals surface area contributed by atoms with Crippen molar-refractivity contribution in [2.45, 2.75) is 76.4 Å². The van der Waals surface area contributed by atoms with E-state index in [4.69, 9.17) is 0 Å². The quantitative estimate of drug-likeness (QED) is 0.271. The number of aromatic nitrogens is 6. The average molecular weight is 559 g/mol. The van der Waals surface area contributed by atoms with Crippen molar-refractivity contribution in [2.75, 3.05) is 0 Å². The first-order valence-corrected chi connectivity index (χ1v) is 12.3. The summed E-state index contributed by atoms with van der Waals surface area (Å²) in [7, 11) is 0. The molecule has 2 atom stereocenters. The van der Waals surface area contributed by atoms with Gasteiger partial charge in [-0.2, -0.15) is 18.3 Å². The van der Waals surface area contributed by atoms with Crippen molar-refractivity contribution in [3.8, 4) is 0 Å². The number of aliphatic hydroxyl groups excluding tert-OH is 1. The molecule has 3 N–H and O–H groups in total. The van der Waals surface area contributed by atoms with E-state index in [1.165, 1.54) is 33.9 Å². The minimum Gasteiger partial charge on any atom is -0.369 e. The van der Waals surface area contributed by atoms with Crippen LogP contribution >= 0.6 is 0 Å². The summed E-state index contributed by atoms with van der Waals surface area (Å²) in [6.07, 6.45) is -4.72. The van der Waals surface area contributed by atoms with E-state index in [0.717, 1.165) is 0 Å². The molecular weight excluding hydrogens is 531 g/mol. The summed E-state index contributed by atoms with van der Waals surface area (Å²) in [6.45, 7) is 2.17. The third-order valence-corrected chi connectivity index (χ3v) is 6.60. The molecule has 0 bridgehead atoms. The molecule has 3 aromatic rings. The number of carbonyl (C=O) groups is 2. The monoisotopic (exact) mass is 558 g/mol. The minimum atomic E-state index is -4.51. The van der Waals surface area contributed by atoms with Crippen LogP contribution < -0.4 is 10.6 Å². The Balaban J connectivity index is 1.56. The standard InChI is InChI=1S/C23H27F5N8O3/c1-2-35-16(11-29-34-35)21(39)33-19(13-3-6-22(24,25)7-4-13)15-12-36-17(31-15)9-14(10-30-36)20(38)32-18(37)5-8-23(26,27)28/h9-13,19-20,38H,2-8H2,1H3,(H,32,37)(H,33,39)/t19-,20+/m0/s1. The van der Waals surface area contributed by atoms with Gasteiger partial charge in [0.05, 0.1) is 36.7 Å². The van der Waals surface area contributed by atoms with E-state index in [0.29, 0.717) is 12.2 Å². The molecule has 0 aliphatic heterocycles. The Morgan fingerprint density at radius 1 is 1.21 bits per heavy atom. The maximum Gasteiger partial charge on any atom is 0.389 e. The number of aryl methyl sites for hydroxylation is 1. The van der Waals surface area contributed by atoms with E-state index in [9.17, 15) is 36.6 Å². The van der Waals surface area contributed by atoms with E-state index in [1.54, 1.807) is 6.92 Å². The van der Waals surface area contributed by atoms with Crippen molar-refractivity contribution < 1.29 is 36.6 Å². The molecule has 212 valence electrons. The second-order valence-electron chi connectivity index (χ2n) is 9.42. The zero-order valence-electron chi connectivity index (χ0n) is 20.8. The predicted octanol–water partition coefficient (Wildman–Crippen LogP) is 3.09. The summed E-state index contributed by atoms with van der Waals surface area (Å²) in [5, 5.41) is 26.9. The molecular formula is C23H27F5N8O3. The van der Waals surface area contributed by atoms with Crippen LogP contribution in [-0.4, -0.2) is 58.6 Å². The molecule has 39 heavy (non-hydrogen) atoms. The van der Waals surface area contributed by atoms with Crippen molar-refractivity contribution >= 4 is 17.5 Å². The zero-order valence-corrected chi connectivity index (χ0v) is 20.8. The topological polar surface area (TPSA) is 139 Å². The number of rotatable bonds is 9. The molecule has 4 rings (SSSR count). The Morgan fingerprint density at radius 2 is 1.92 bits per heavy atom. The largest absolute Gasteiger partial charge is 0.389 e. The van der Waals surface area contributed by atoms with Crippen LogP contribution in [0.5, 0.6) is 0 Å². The van der Waals surface area contributed by atoms with Crippen LogP contribution in [0.25, 0.3) is 5.65 Å². The molecule has 0 aromatic carbocycles. The van der Waals surface area contributed by atoms with Crippen LogP contribution in [0.3, 0.4) is 0 Å². The molecule has 1 fully saturated rings. The normalized spacial score (nSPS) is 17.6. The number of fused-ring (bicyclic) bond motifs is 1. The summed E-state index contributed by atoms with van der Waals surface area (Å²) in [5.41, 5.74) is 0.794. The Bertz CT molecular complexity index is 1310. The fraction of sp³-hybridized carbons (Fsp3) is 0.565. The number of nitrogens with zero attached hydrogens (tertiary/aromatic N) is 6. The molecule has 0 spiro atoms. The van der Waals surface area contributed by atoms with Gasteiger partial charge >= 0.3 is 6.18 Å². The van der Waals surface area contributed by atoms with Gasteiger partial charge in [0.15, 0.2) is 11.9 Å². The van der Waals surface area contributed by atoms with Crippen molar-refractivity contribution in [1.82, 2.24) is 40.2 Å². The molecule has 11 nitrogen and oxygen atoms in total. The number of aliphatic hydroxyl groups is 1. The van der Waals surface area contributed by atoms with Gasteiger partial charge in [-0.05, 0) is 31.7 Å². The van der Waals surface area contributed by atoms with Crippen LogP contribution in [0.2, 0.25) is 0 Å². The number of nitrogens with one attached hydrogen (secondary N) is 2. The number of amides is 2. The number of carbonyl (C=O) groups excluding carboxylic acids is 2. The lowest BCUT2D eigenvalue weighted by atomic mass is 9.81. The van der Waals surface area contributed by atoms with E-state index < -0.39 is 49.0 Å². The van der Waals surface area contributed by atoms with Gasteiger partial charge in [-0.15, -0.1) is 5.10 Å². The van der Waals surface area contributed by atoms with Gasteiger partial charge in [-0.3, -0.25) is 9.59 Å². The number of hydrogen-bond acceptors (Lipinski definition) is 7. The summed E-state index contributed by atoms with van der Waals surface area (Å²) in [6, 6.07) is 0.612. The number of hydrogen-bond donors (Lipinski definition) is 3. The van der Waals surface area contributed by atoms with Gasteiger partial charge < -0.3 is 15.7 Å². The fourth-order valence-corrected chi connectivity index (χ4v) is 4.48. The second kappa shape index (κ2) is 11.2. The van der Waals surface area contributed by atoms with Gasteiger partial charge in [0.1, 0.15) is 5.69 Å². The highest BCUT2D eigenvalue weighted by Crippen LogP contribution is 2.41. The number of alkyl halides is 5. The molecule has 16 heteroatoms. The summed E-state index contributed by atoms with van der Waals surface area (Å²) in [5.74, 6) is -4.65. The average Bonchev–Trinajstić information content (AvgIpc) is 3.52. The SMILES string of the molecule is CCn1nncc1C(=O)N[C@H](c1cn2ncc([C@@H](O)NC(=O)CCC(F)(F)F)cc2n1)C1CCC(F)(F)CC1. The van der Waals surface area contributed by atoms with E-state index in [1.807, 2.05) is 0 Å². The molecule has 3 aromatic heterocycles. The zero-order chi connectivity index (χ0) is 28.4. The summed E-state index contributed by atoms with van der Waals surface area (Å²) < 4.78 is 67.5. The highest BCUT2D eigenvalue weighted by molar-refractivity contribution is 5.92. The Morgan fingerprint density at radius 3 is 2.59 bits per heavy atom. The highest BCUT2D eigenvalue weighted by atomic mass is 19.4. The summed E-state index contributed by atoms with van der Waals surface area (Å²) >= 11 is 0. The molecule has 3 heterocycles. The van der Waals surface area contributed by atoms with Crippen LogP contribution in [-0.2, 0) is 11.3 Å². The van der Waals surface area contributed by atoms with Gasteiger partial charge in [-0.1, -0.05) is 5.21 Å². The predicted molar refractivity (Wildman–Crippen MR) is 124 cm³/mol. The molecule has 1 saturated carbocycles. The maximum absolute atomic E-state index is 13.9.